The maximum Gasteiger partial charge on any atom is 0.360 e. The summed E-state index contributed by atoms with van der Waals surface area (Å²) in [5.41, 5.74) is 0.722. The van der Waals surface area contributed by atoms with Crippen molar-refractivity contribution >= 4 is 5.97 Å². The van der Waals surface area contributed by atoms with Gasteiger partial charge >= 0.3 is 5.97 Å². The van der Waals surface area contributed by atoms with Gasteiger partial charge in [-0.25, -0.2) is 13.9 Å². The molecule has 1 aromatic carbocycles. The fraction of sp³-hybridized carbons (Fsp3) is 0.500. The number of halogens is 1. The van der Waals surface area contributed by atoms with Crippen LogP contribution in [0.5, 0.6) is 0 Å². The highest BCUT2D eigenvalue weighted by Gasteiger charge is 2.61. The maximum atomic E-state index is 13.2. The summed E-state index contributed by atoms with van der Waals surface area (Å²) < 4.78 is 26.1. The van der Waals surface area contributed by atoms with Crippen molar-refractivity contribution in [2.75, 3.05) is 6.61 Å². The average Bonchev–Trinajstić information content (AvgIpc) is 3.20. The van der Waals surface area contributed by atoms with E-state index >= 15 is 0 Å². The molecule has 1 saturated heterocycles. The zero-order chi connectivity index (χ0) is 17.6. The Balaban J connectivity index is 1.42. The molecule has 3 atom stereocenters. The monoisotopic (exact) mass is 345 g/mol. The Kier molecular flexibility index (Phi) is 3.83. The highest BCUT2D eigenvalue weighted by Crippen LogP contribution is 2.53. The molecular weight excluding hydrogens is 325 g/mol. The van der Waals surface area contributed by atoms with Gasteiger partial charge < -0.3 is 9.47 Å². The first-order valence-corrected chi connectivity index (χ1v) is 8.42. The summed E-state index contributed by atoms with van der Waals surface area (Å²) in [4.78, 5) is 12.4. The molecular formula is C18H20FN3O3. The Morgan fingerprint density at radius 2 is 2.32 bits per heavy atom. The van der Waals surface area contributed by atoms with Crippen LogP contribution in [0.4, 0.5) is 4.39 Å². The van der Waals surface area contributed by atoms with E-state index in [0.717, 1.165) is 18.6 Å². The zero-order valence-electron chi connectivity index (χ0n) is 14.2. The third-order valence-electron chi connectivity index (χ3n) is 5.21. The van der Waals surface area contributed by atoms with Gasteiger partial charge in [-0.15, -0.1) is 5.10 Å². The minimum atomic E-state index is -0.478. The minimum Gasteiger partial charge on any atom is -0.456 e. The summed E-state index contributed by atoms with van der Waals surface area (Å²) in [6.45, 7) is 5.17. The standard InChI is InChI=1S/C18H20FN3O3/c1-18(2)15-13(6-7-24-15)16(18)25-17(23)14-10-22(21-20-14)9-11-4-3-5-12(19)8-11/h3-5,8,10,13,15-16H,6-7,9H2,1-2H3/t13-,15+,16+/m1/s1. The molecule has 6 nitrogen and oxygen atoms in total. The van der Waals surface area contributed by atoms with E-state index in [0.29, 0.717) is 6.54 Å². The van der Waals surface area contributed by atoms with E-state index in [-0.39, 0.29) is 35.1 Å². The van der Waals surface area contributed by atoms with Crippen molar-refractivity contribution < 1.29 is 18.7 Å². The Labute approximate surface area is 144 Å². The van der Waals surface area contributed by atoms with Crippen LogP contribution in [-0.4, -0.2) is 39.8 Å². The van der Waals surface area contributed by atoms with Gasteiger partial charge in [0.25, 0.3) is 0 Å². The summed E-state index contributed by atoms with van der Waals surface area (Å²) >= 11 is 0. The van der Waals surface area contributed by atoms with Crippen molar-refractivity contribution in [2.24, 2.45) is 11.3 Å². The zero-order valence-corrected chi connectivity index (χ0v) is 14.2. The molecule has 2 aliphatic rings. The lowest BCUT2D eigenvalue weighted by Gasteiger charge is -2.52. The van der Waals surface area contributed by atoms with Gasteiger partial charge in [0.1, 0.15) is 11.9 Å². The highest BCUT2D eigenvalue weighted by atomic mass is 19.1. The first kappa shape index (κ1) is 16.2. The lowest BCUT2D eigenvalue weighted by Crippen LogP contribution is -2.61. The van der Waals surface area contributed by atoms with Gasteiger partial charge in [-0.3, -0.25) is 0 Å². The first-order valence-electron chi connectivity index (χ1n) is 8.42. The number of aromatic nitrogens is 3. The van der Waals surface area contributed by atoms with Gasteiger partial charge in [0.15, 0.2) is 5.69 Å². The smallest absolute Gasteiger partial charge is 0.360 e. The fourth-order valence-corrected chi connectivity index (χ4v) is 3.98. The number of hydrogen-bond donors (Lipinski definition) is 0. The molecule has 1 aliphatic heterocycles. The molecule has 132 valence electrons. The number of carbonyl (C=O) groups excluding carboxylic acids is 1. The largest absolute Gasteiger partial charge is 0.456 e. The molecule has 1 aliphatic carbocycles. The first-order chi connectivity index (χ1) is 11.9. The van der Waals surface area contributed by atoms with Crippen molar-refractivity contribution in [3.63, 3.8) is 0 Å². The number of fused-ring (bicyclic) bond motifs is 1. The molecule has 0 unspecified atom stereocenters. The molecule has 0 radical (unpaired) electrons. The second-order valence-electron chi connectivity index (χ2n) is 7.32. The van der Waals surface area contributed by atoms with Gasteiger partial charge in [0.05, 0.1) is 18.8 Å². The lowest BCUT2D eigenvalue weighted by atomic mass is 9.59. The van der Waals surface area contributed by atoms with Crippen LogP contribution >= 0.6 is 0 Å². The number of esters is 1. The third kappa shape index (κ3) is 2.82. The molecule has 0 spiro atoms. The van der Waals surface area contributed by atoms with Crippen molar-refractivity contribution in [3.8, 4) is 0 Å². The second kappa shape index (κ2) is 5.91. The molecule has 2 heterocycles. The van der Waals surface area contributed by atoms with Gasteiger partial charge in [-0.05, 0) is 24.1 Å². The number of ether oxygens (including phenoxy) is 2. The second-order valence-corrected chi connectivity index (χ2v) is 7.32. The summed E-state index contributed by atoms with van der Waals surface area (Å²) in [6, 6.07) is 6.24. The molecule has 4 rings (SSSR count). The molecule has 2 aromatic rings. The summed E-state index contributed by atoms with van der Waals surface area (Å²) in [6.07, 6.45) is 2.44. The number of rotatable bonds is 4. The average molecular weight is 345 g/mol. The normalized spacial score (nSPS) is 26.8. The van der Waals surface area contributed by atoms with E-state index in [4.69, 9.17) is 9.47 Å². The quantitative estimate of drug-likeness (QED) is 0.796. The molecule has 0 N–H and O–H groups in total. The van der Waals surface area contributed by atoms with Crippen molar-refractivity contribution in [2.45, 2.75) is 39.0 Å². The van der Waals surface area contributed by atoms with Crippen LogP contribution in [0.25, 0.3) is 0 Å². The van der Waals surface area contributed by atoms with Crippen LogP contribution in [0.15, 0.2) is 30.5 Å². The van der Waals surface area contributed by atoms with Crippen LogP contribution in [0.1, 0.15) is 36.3 Å². The van der Waals surface area contributed by atoms with E-state index in [1.807, 2.05) is 0 Å². The molecule has 0 amide bonds. The van der Waals surface area contributed by atoms with E-state index in [9.17, 15) is 9.18 Å². The molecule has 25 heavy (non-hydrogen) atoms. The Morgan fingerprint density at radius 3 is 3.12 bits per heavy atom. The number of hydrogen-bond acceptors (Lipinski definition) is 5. The van der Waals surface area contributed by atoms with Gasteiger partial charge in [-0.2, -0.15) is 0 Å². The lowest BCUT2D eigenvalue weighted by molar-refractivity contribution is -0.183. The summed E-state index contributed by atoms with van der Waals surface area (Å²) in [5.74, 6) is -0.520. The number of benzene rings is 1. The fourth-order valence-electron chi connectivity index (χ4n) is 3.98. The molecule has 0 bridgehead atoms. The SMILES string of the molecule is CC1(C)[C@H]2OCC[C@H]2[C@@H]1OC(=O)c1cn(Cc2cccc(F)c2)nn1. The van der Waals surface area contributed by atoms with Crippen LogP contribution in [0.2, 0.25) is 0 Å². The Bertz CT molecular complexity index is 804. The minimum absolute atomic E-state index is 0.161. The predicted octanol–water partition coefficient (Wildman–Crippen LogP) is 2.44. The molecule has 7 heteroatoms. The van der Waals surface area contributed by atoms with Crippen LogP contribution < -0.4 is 0 Å². The number of nitrogens with zero attached hydrogens (tertiary/aromatic N) is 3. The topological polar surface area (TPSA) is 66.2 Å². The Hall–Kier alpha value is -2.28. The van der Waals surface area contributed by atoms with Crippen molar-refractivity contribution in [3.05, 3.63) is 47.5 Å². The van der Waals surface area contributed by atoms with Crippen LogP contribution in [0.3, 0.4) is 0 Å². The van der Waals surface area contributed by atoms with Gasteiger partial charge in [-0.1, -0.05) is 31.2 Å². The highest BCUT2D eigenvalue weighted by molar-refractivity contribution is 5.87. The molecule has 1 saturated carbocycles. The maximum absolute atomic E-state index is 13.2. The van der Waals surface area contributed by atoms with Gasteiger partial charge in [0.2, 0.25) is 0 Å². The summed E-state index contributed by atoms with van der Waals surface area (Å²) in [5, 5.41) is 7.83. The van der Waals surface area contributed by atoms with Crippen molar-refractivity contribution in [1.29, 1.82) is 0 Å². The summed E-state index contributed by atoms with van der Waals surface area (Å²) in [7, 11) is 0. The van der Waals surface area contributed by atoms with Crippen LogP contribution in [0, 0.1) is 17.2 Å². The number of carbonyl (C=O) groups is 1. The third-order valence-corrected chi connectivity index (χ3v) is 5.21. The Morgan fingerprint density at radius 1 is 1.48 bits per heavy atom. The van der Waals surface area contributed by atoms with E-state index in [1.54, 1.807) is 12.1 Å². The van der Waals surface area contributed by atoms with Gasteiger partial charge in [0, 0.05) is 17.9 Å². The van der Waals surface area contributed by atoms with E-state index < -0.39 is 5.97 Å². The van der Waals surface area contributed by atoms with Crippen LogP contribution in [-0.2, 0) is 16.0 Å². The van der Waals surface area contributed by atoms with Crippen molar-refractivity contribution in [1.82, 2.24) is 15.0 Å². The van der Waals surface area contributed by atoms with E-state index in [2.05, 4.69) is 24.2 Å². The predicted molar refractivity (Wildman–Crippen MR) is 86.4 cm³/mol. The molecule has 1 aromatic heterocycles. The van der Waals surface area contributed by atoms with E-state index in [1.165, 1.54) is 23.0 Å². The molecule has 2 fully saturated rings.